The SMILES string of the molecule is COC1CCCNC1c1ccccc1Br. The number of nitrogens with one attached hydrogen (secondary N) is 1. The van der Waals surface area contributed by atoms with Gasteiger partial charge in [-0.05, 0) is 31.0 Å². The summed E-state index contributed by atoms with van der Waals surface area (Å²) in [4.78, 5) is 0. The molecule has 1 aliphatic rings. The fraction of sp³-hybridized carbons (Fsp3) is 0.500. The van der Waals surface area contributed by atoms with Gasteiger partial charge in [0.25, 0.3) is 0 Å². The number of piperidine rings is 1. The Bertz CT molecular complexity index is 329. The summed E-state index contributed by atoms with van der Waals surface area (Å²) in [7, 11) is 1.79. The highest BCUT2D eigenvalue weighted by Gasteiger charge is 2.26. The van der Waals surface area contributed by atoms with E-state index in [2.05, 4.69) is 39.4 Å². The molecule has 3 heteroatoms. The van der Waals surface area contributed by atoms with Crippen LogP contribution < -0.4 is 5.32 Å². The van der Waals surface area contributed by atoms with Crippen molar-refractivity contribution in [2.45, 2.75) is 25.0 Å². The van der Waals surface area contributed by atoms with Gasteiger partial charge in [0.15, 0.2) is 0 Å². The normalized spacial score (nSPS) is 26.5. The van der Waals surface area contributed by atoms with Crippen molar-refractivity contribution in [1.82, 2.24) is 5.32 Å². The minimum atomic E-state index is 0.289. The van der Waals surface area contributed by atoms with Gasteiger partial charge in [0.1, 0.15) is 0 Å². The summed E-state index contributed by atoms with van der Waals surface area (Å²) < 4.78 is 6.69. The number of benzene rings is 1. The van der Waals surface area contributed by atoms with Crippen LogP contribution in [0, 0.1) is 0 Å². The largest absolute Gasteiger partial charge is 0.379 e. The molecular formula is C12H16BrNO. The molecule has 0 radical (unpaired) electrons. The Morgan fingerprint density at radius 3 is 2.93 bits per heavy atom. The standard InChI is InChI=1S/C12H16BrNO/c1-15-11-7-4-8-14-12(11)9-5-2-3-6-10(9)13/h2-3,5-6,11-12,14H,4,7-8H2,1H3. The van der Waals surface area contributed by atoms with Crippen LogP contribution in [0.15, 0.2) is 28.7 Å². The third kappa shape index (κ3) is 2.41. The quantitative estimate of drug-likeness (QED) is 0.892. The van der Waals surface area contributed by atoms with Crippen molar-refractivity contribution in [3.05, 3.63) is 34.3 Å². The maximum Gasteiger partial charge on any atom is 0.0766 e. The lowest BCUT2D eigenvalue weighted by Gasteiger charge is -2.32. The number of halogens is 1. The topological polar surface area (TPSA) is 21.3 Å². The fourth-order valence-electron chi connectivity index (χ4n) is 2.15. The highest BCUT2D eigenvalue weighted by molar-refractivity contribution is 9.10. The van der Waals surface area contributed by atoms with Gasteiger partial charge in [-0.3, -0.25) is 0 Å². The van der Waals surface area contributed by atoms with E-state index in [1.54, 1.807) is 7.11 Å². The van der Waals surface area contributed by atoms with Gasteiger partial charge >= 0.3 is 0 Å². The molecule has 82 valence electrons. The van der Waals surface area contributed by atoms with Crippen molar-refractivity contribution in [2.75, 3.05) is 13.7 Å². The Kier molecular flexibility index (Phi) is 3.78. The van der Waals surface area contributed by atoms with Crippen LogP contribution in [0.3, 0.4) is 0 Å². The lowest BCUT2D eigenvalue weighted by atomic mass is 9.94. The zero-order valence-corrected chi connectivity index (χ0v) is 10.5. The second-order valence-electron chi connectivity index (χ2n) is 3.87. The molecule has 15 heavy (non-hydrogen) atoms. The zero-order valence-electron chi connectivity index (χ0n) is 8.87. The third-order valence-electron chi connectivity index (χ3n) is 2.94. The Balaban J connectivity index is 2.24. The third-order valence-corrected chi connectivity index (χ3v) is 3.67. The van der Waals surface area contributed by atoms with Gasteiger partial charge < -0.3 is 10.1 Å². The molecule has 0 aromatic heterocycles. The Hall–Kier alpha value is -0.380. The predicted octanol–water partition coefficient (Wildman–Crippen LogP) is 2.89. The average Bonchev–Trinajstić information content (AvgIpc) is 2.30. The second kappa shape index (κ2) is 5.10. The van der Waals surface area contributed by atoms with Crippen LogP contribution in [-0.2, 0) is 4.74 Å². The molecule has 1 aromatic rings. The van der Waals surface area contributed by atoms with E-state index >= 15 is 0 Å². The van der Waals surface area contributed by atoms with Crippen LogP contribution in [0.5, 0.6) is 0 Å². The van der Waals surface area contributed by atoms with Gasteiger partial charge in [0, 0.05) is 11.6 Å². The summed E-state index contributed by atoms with van der Waals surface area (Å²) in [5.41, 5.74) is 1.30. The fourth-order valence-corrected chi connectivity index (χ4v) is 2.68. The summed E-state index contributed by atoms with van der Waals surface area (Å²) in [6, 6.07) is 8.66. The van der Waals surface area contributed by atoms with Gasteiger partial charge in [-0.2, -0.15) is 0 Å². The summed E-state index contributed by atoms with van der Waals surface area (Å²) >= 11 is 3.59. The average molecular weight is 270 g/mol. The van der Waals surface area contributed by atoms with E-state index in [0.717, 1.165) is 17.4 Å². The number of hydrogen-bond donors (Lipinski definition) is 1. The van der Waals surface area contributed by atoms with E-state index in [1.165, 1.54) is 12.0 Å². The van der Waals surface area contributed by atoms with Crippen LogP contribution in [0.4, 0.5) is 0 Å². The molecule has 2 rings (SSSR count). The first-order valence-electron chi connectivity index (χ1n) is 5.33. The summed E-state index contributed by atoms with van der Waals surface area (Å²) in [5, 5.41) is 3.52. The van der Waals surface area contributed by atoms with Crippen molar-refractivity contribution < 1.29 is 4.74 Å². The first kappa shape index (κ1) is 11.1. The smallest absolute Gasteiger partial charge is 0.0766 e. The Morgan fingerprint density at radius 2 is 2.20 bits per heavy atom. The van der Waals surface area contributed by atoms with Crippen LogP contribution in [0.25, 0.3) is 0 Å². The van der Waals surface area contributed by atoms with E-state index < -0.39 is 0 Å². The molecule has 1 saturated heterocycles. The molecule has 1 N–H and O–H groups in total. The molecule has 1 aromatic carbocycles. The number of rotatable bonds is 2. The van der Waals surface area contributed by atoms with Crippen LogP contribution in [0.1, 0.15) is 24.4 Å². The molecule has 0 saturated carbocycles. The van der Waals surface area contributed by atoms with Gasteiger partial charge in [-0.1, -0.05) is 34.1 Å². The van der Waals surface area contributed by atoms with Gasteiger partial charge in [0.05, 0.1) is 12.1 Å². The molecular weight excluding hydrogens is 254 g/mol. The van der Waals surface area contributed by atoms with Gasteiger partial charge in [-0.25, -0.2) is 0 Å². The molecule has 0 aliphatic carbocycles. The van der Waals surface area contributed by atoms with Crippen LogP contribution in [-0.4, -0.2) is 19.8 Å². The number of methoxy groups -OCH3 is 1. The highest BCUT2D eigenvalue weighted by atomic mass is 79.9. The van der Waals surface area contributed by atoms with E-state index in [9.17, 15) is 0 Å². The van der Waals surface area contributed by atoms with Gasteiger partial charge in [-0.15, -0.1) is 0 Å². The van der Waals surface area contributed by atoms with E-state index in [0.29, 0.717) is 6.04 Å². The minimum Gasteiger partial charge on any atom is -0.379 e. The maximum absolute atomic E-state index is 5.53. The van der Waals surface area contributed by atoms with Gasteiger partial charge in [0.2, 0.25) is 0 Å². The zero-order chi connectivity index (χ0) is 10.7. The second-order valence-corrected chi connectivity index (χ2v) is 4.72. The lowest BCUT2D eigenvalue weighted by Crippen LogP contribution is -2.38. The lowest BCUT2D eigenvalue weighted by molar-refractivity contribution is 0.0449. The first-order valence-corrected chi connectivity index (χ1v) is 6.13. The summed E-state index contributed by atoms with van der Waals surface area (Å²) in [6.45, 7) is 1.08. The van der Waals surface area contributed by atoms with Crippen LogP contribution in [0.2, 0.25) is 0 Å². The molecule has 0 bridgehead atoms. The first-order chi connectivity index (χ1) is 7.33. The number of ether oxygens (including phenoxy) is 1. The van der Waals surface area contributed by atoms with E-state index in [4.69, 9.17) is 4.74 Å². The molecule has 1 aliphatic heterocycles. The molecule has 2 atom stereocenters. The van der Waals surface area contributed by atoms with Crippen molar-refractivity contribution in [1.29, 1.82) is 0 Å². The monoisotopic (exact) mass is 269 g/mol. The molecule has 1 fully saturated rings. The molecule has 2 unspecified atom stereocenters. The summed E-state index contributed by atoms with van der Waals surface area (Å²) in [5.74, 6) is 0. The molecule has 0 amide bonds. The predicted molar refractivity (Wildman–Crippen MR) is 64.9 cm³/mol. The molecule has 1 heterocycles. The van der Waals surface area contributed by atoms with Crippen molar-refractivity contribution in [3.8, 4) is 0 Å². The van der Waals surface area contributed by atoms with Crippen LogP contribution >= 0.6 is 15.9 Å². The summed E-state index contributed by atoms with van der Waals surface area (Å²) in [6.07, 6.45) is 2.62. The minimum absolute atomic E-state index is 0.289. The number of hydrogen-bond acceptors (Lipinski definition) is 2. The van der Waals surface area contributed by atoms with E-state index in [1.807, 2.05) is 6.07 Å². The van der Waals surface area contributed by atoms with Crippen molar-refractivity contribution >= 4 is 15.9 Å². The van der Waals surface area contributed by atoms with Crippen molar-refractivity contribution in [3.63, 3.8) is 0 Å². The highest BCUT2D eigenvalue weighted by Crippen LogP contribution is 2.30. The Labute approximate surface area is 99.1 Å². The van der Waals surface area contributed by atoms with Crippen molar-refractivity contribution in [2.24, 2.45) is 0 Å². The molecule has 2 nitrogen and oxygen atoms in total. The molecule has 0 spiro atoms. The maximum atomic E-state index is 5.53. The van der Waals surface area contributed by atoms with E-state index in [-0.39, 0.29) is 6.10 Å². The Morgan fingerprint density at radius 1 is 1.40 bits per heavy atom.